The summed E-state index contributed by atoms with van der Waals surface area (Å²) >= 11 is 0. The van der Waals surface area contributed by atoms with Crippen LogP contribution in [0.3, 0.4) is 0 Å². The lowest BCUT2D eigenvalue weighted by Crippen LogP contribution is -2.42. The van der Waals surface area contributed by atoms with Crippen LogP contribution in [-0.4, -0.2) is 23.3 Å². The molecule has 3 atom stereocenters. The molecule has 13 heavy (non-hydrogen) atoms. The third-order valence-electron chi connectivity index (χ3n) is 3.53. The minimum Gasteiger partial charge on any atom is -0.389 e. The lowest BCUT2D eigenvalue weighted by Gasteiger charge is -2.27. The first-order valence-corrected chi connectivity index (χ1v) is 5.50. The minimum atomic E-state index is -0.554. The van der Waals surface area contributed by atoms with Gasteiger partial charge in [0.15, 0.2) is 0 Å². The van der Waals surface area contributed by atoms with Gasteiger partial charge in [0, 0.05) is 12.6 Å². The number of rotatable bonds is 3. The van der Waals surface area contributed by atoms with Crippen molar-refractivity contribution in [1.29, 1.82) is 0 Å². The highest BCUT2D eigenvalue weighted by atomic mass is 16.3. The first kappa shape index (κ1) is 9.47. The van der Waals surface area contributed by atoms with E-state index >= 15 is 0 Å². The van der Waals surface area contributed by atoms with Crippen molar-refractivity contribution in [3.05, 3.63) is 0 Å². The Morgan fingerprint density at radius 1 is 1.31 bits per heavy atom. The van der Waals surface area contributed by atoms with E-state index in [0.717, 1.165) is 18.4 Å². The molecule has 0 aromatic heterocycles. The molecule has 0 aliphatic heterocycles. The average Bonchev–Trinajstić information content (AvgIpc) is 2.58. The molecule has 2 aliphatic carbocycles. The van der Waals surface area contributed by atoms with Crippen molar-refractivity contribution in [2.24, 2.45) is 11.8 Å². The monoisotopic (exact) mass is 183 g/mol. The van der Waals surface area contributed by atoms with Crippen molar-refractivity contribution < 1.29 is 5.11 Å². The predicted octanol–water partition coefficient (Wildman–Crippen LogP) is 1.54. The van der Waals surface area contributed by atoms with Crippen LogP contribution < -0.4 is 5.32 Å². The van der Waals surface area contributed by atoms with Crippen LogP contribution in [0.4, 0.5) is 0 Å². The molecule has 0 radical (unpaired) electrons. The molecule has 2 heteroatoms. The number of nitrogens with one attached hydrogen (secondary N) is 1. The molecule has 0 unspecified atom stereocenters. The first-order valence-electron chi connectivity index (χ1n) is 5.50. The largest absolute Gasteiger partial charge is 0.389 e. The van der Waals surface area contributed by atoms with Gasteiger partial charge in [-0.1, -0.05) is 6.42 Å². The second kappa shape index (κ2) is 3.25. The summed E-state index contributed by atoms with van der Waals surface area (Å²) in [6, 6.07) is 0.699. The van der Waals surface area contributed by atoms with E-state index in [2.05, 4.69) is 5.32 Å². The Bertz CT molecular complexity index is 185. The van der Waals surface area contributed by atoms with Crippen molar-refractivity contribution in [2.45, 2.75) is 51.2 Å². The van der Waals surface area contributed by atoms with Crippen LogP contribution in [0.15, 0.2) is 0 Å². The summed E-state index contributed by atoms with van der Waals surface area (Å²) in [6.07, 6.45) is 5.64. The minimum absolute atomic E-state index is 0.554. The zero-order valence-corrected chi connectivity index (χ0v) is 8.71. The summed E-state index contributed by atoms with van der Waals surface area (Å²) in [5.74, 6) is 1.90. The summed E-state index contributed by atoms with van der Waals surface area (Å²) < 4.78 is 0. The summed E-state index contributed by atoms with van der Waals surface area (Å²) in [6.45, 7) is 4.47. The molecule has 2 saturated carbocycles. The van der Waals surface area contributed by atoms with Gasteiger partial charge >= 0.3 is 0 Å². The summed E-state index contributed by atoms with van der Waals surface area (Å²) in [5, 5.41) is 13.1. The number of hydrogen-bond acceptors (Lipinski definition) is 2. The van der Waals surface area contributed by atoms with Gasteiger partial charge in [-0.3, -0.25) is 0 Å². The van der Waals surface area contributed by atoms with E-state index in [1.165, 1.54) is 25.7 Å². The van der Waals surface area contributed by atoms with Crippen LogP contribution in [0, 0.1) is 11.8 Å². The molecule has 2 aliphatic rings. The Hall–Kier alpha value is -0.0800. The molecular weight excluding hydrogens is 162 g/mol. The zero-order chi connectivity index (χ0) is 9.47. The molecule has 2 bridgehead atoms. The van der Waals surface area contributed by atoms with Crippen LogP contribution in [0.2, 0.25) is 0 Å². The van der Waals surface area contributed by atoms with Gasteiger partial charge in [0.2, 0.25) is 0 Å². The Labute approximate surface area is 80.7 Å². The van der Waals surface area contributed by atoms with E-state index < -0.39 is 5.60 Å². The van der Waals surface area contributed by atoms with Crippen LogP contribution >= 0.6 is 0 Å². The molecule has 2 nitrogen and oxygen atoms in total. The molecule has 2 fully saturated rings. The lowest BCUT2D eigenvalue weighted by atomic mass is 9.95. The Morgan fingerprint density at radius 2 is 2.08 bits per heavy atom. The van der Waals surface area contributed by atoms with Crippen molar-refractivity contribution >= 4 is 0 Å². The number of aliphatic hydroxyl groups is 1. The van der Waals surface area contributed by atoms with Crippen LogP contribution in [0.25, 0.3) is 0 Å². The zero-order valence-electron chi connectivity index (χ0n) is 8.71. The molecule has 0 heterocycles. The fourth-order valence-electron chi connectivity index (χ4n) is 2.88. The van der Waals surface area contributed by atoms with E-state index in [9.17, 15) is 5.11 Å². The fourth-order valence-corrected chi connectivity index (χ4v) is 2.88. The third kappa shape index (κ3) is 2.23. The van der Waals surface area contributed by atoms with Crippen molar-refractivity contribution in [1.82, 2.24) is 5.32 Å². The summed E-state index contributed by atoms with van der Waals surface area (Å²) in [4.78, 5) is 0. The van der Waals surface area contributed by atoms with E-state index in [1.807, 2.05) is 13.8 Å². The average molecular weight is 183 g/mol. The normalized spacial score (nSPS) is 38.5. The van der Waals surface area contributed by atoms with Gasteiger partial charge in [-0.25, -0.2) is 0 Å². The fraction of sp³-hybridized carbons (Fsp3) is 1.00. The maximum absolute atomic E-state index is 9.59. The SMILES string of the molecule is CC(C)(O)CN[C@H]1C[C@H]2CC[C@H]1C2. The molecule has 0 saturated heterocycles. The highest BCUT2D eigenvalue weighted by molar-refractivity contribution is 4.94. The topological polar surface area (TPSA) is 32.3 Å². The summed E-state index contributed by atoms with van der Waals surface area (Å²) in [7, 11) is 0. The first-order chi connectivity index (χ1) is 6.04. The van der Waals surface area contributed by atoms with Gasteiger partial charge in [-0.2, -0.15) is 0 Å². The molecule has 0 spiro atoms. The quantitative estimate of drug-likeness (QED) is 0.695. The Morgan fingerprint density at radius 3 is 2.54 bits per heavy atom. The van der Waals surface area contributed by atoms with Crippen molar-refractivity contribution in [3.8, 4) is 0 Å². The molecule has 2 rings (SSSR count). The van der Waals surface area contributed by atoms with E-state index in [0.29, 0.717) is 6.04 Å². The van der Waals surface area contributed by atoms with Crippen molar-refractivity contribution in [2.75, 3.05) is 6.54 Å². The van der Waals surface area contributed by atoms with Gasteiger partial charge < -0.3 is 10.4 Å². The van der Waals surface area contributed by atoms with Gasteiger partial charge in [-0.05, 0) is 44.9 Å². The summed E-state index contributed by atoms with van der Waals surface area (Å²) in [5.41, 5.74) is -0.554. The molecular formula is C11H21NO. The molecule has 0 aromatic rings. The Balaban J connectivity index is 1.78. The van der Waals surface area contributed by atoms with Crippen LogP contribution in [0.1, 0.15) is 39.5 Å². The van der Waals surface area contributed by atoms with E-state index in [-0.39, 0.29) is 0 Å². The lowest BCUT2D eigenvalue weighted by molar-refractivity contribution is 0.0736. The highest BCUT2D eigenvalue weighted by Gasteiger charge is 2.39. The molecule has 76 valence electrons. The number of fused-ring (bicyclic) bond motifs is 2. The van der Waals surface area contributed by atoms with Crippen LogP contribution in [0.5, 0.6) is 0 Å². The maximum Gasteiger partial charge on any atom is 0.0715 e. The molecule has 0 aromatic carbocycles. The predicted molar refractivity (Wildman–Crippen MR) is 53.5 cm³/mol. The smallest absolute Gasteiger partial charge is 0.0715 e. The Kier molecular flexibility index (Phi) is 2.37. The highest BCUT2D eigenvalue weighted by Crippen LogP contribution is 2.44. The third-order valence-corrected chi connectivity index (χ3v) is 3.53. The standard InChI is InChI=1S/C11H21NO/c1-11(2,13)7-12-10-6-8-3-4-9(10)5-8/h8-10,12-13H,3-7H2,1-2H3/t8-,9-,10-/m0/s1. The second-order valence-electron chi connectivity index (χ2n) is 5.47. The van der Waals surface area contributed by atoms with Gasteiger partial charge in [0.1, 0.15) is 0 Å². The van der Waals surface area contributed by atoms with Crippen LogP contribution in [-0.2, 0) is 0 Å². The molecule has 0 amide bonds. The molecule has 2 N–H and O–H groups in total. The van der Waals surface area contributed by atoms with Gasteiger partial charge in [0.05, 0.1) is 5.60 Å². The van der Waals surface area contributed by atoms with Crippen molar-refractivity contribution in [3.63, 3.8) is 0 Å². The van der Waals surface area contributed by atoms with E-state index in [4.69, 9.17) is 0 Å². The number of hydrogen-bond donors (Lipinski definition) is 2. The second-order valence-corrected chi connectivity index (χ2v) is 5.47. The van der Waals surface area contributed by atoms with Gasteiger partial charge in [0.25, 0.3) is 0 Å². The van der Waals surface area contributed by atoms with Gasteiger partial charge in [-0.15, -0.1) is 0 Å². The van der Waals surface area contributed by atoms with E-state index in [1.54, 1.807) is 0 Å². The maximum atomic E-state index is 9.59.